The van der Waals surface area contributed by atoms with E-state index in [-0.39, 0.29) is 11.4 Å². The number of hydrogen-bond acceptors (Lipinski definition) is 3. The molecule has 3 heteroatoms. The highest BCUT2D eigenvalue weighted by molar-refractivity contribution is 6.16. The average Bonchev–Trinajstić information content (AvgIpc) is 2.27. The first-order chi connectivity index (χ1) is 8.90. The lowest BCUT2D eigenvalue weighted by Crippen LogP contribution is -2.17. The molecule has 0 atom stereocenters. The zero-order valence-electron chi connectivity index (χ0n) is 13.0. The minimum atomic E-state index is -0.456. The third-order valence-electron chi connectivity index (χ3n) is 2.93. The molecular weight excluding hydrogens is 240 g/mol. The zero-order chi connectivity index (χ0) is 14.8. The van der Waals surface area contributed by atoms with Gasteiger partial charge in [0.1, 0.15) is 5.57 Å². The van der Waals surface area contributed by atoms with E-state index in [1.165, 1.54) is 6.92 Å². The molecule has 0 spiro atoms. The monoisotopic (exact) mass is 268 g/mol. The van der Waals surface area contributed by atoms with Gasteiger partial charge in [-0.05, 0) is 32.6 Å². The maximum atomic E-state index is 11.9. The summed E-state index contributed by atoms with van der Waals surface area (Å²) < 4.78 is 5.20. The molecular formula is C16H28O3. The maximum absolute atomic E-state index is 11.9. The molecule has 0 N–H and O–H groups in total. The number of ether oxygens (including phenoxy) is 1. The van der Waals surface area contributed by atoms with Crippen LogP contribution < -0.4 is 0 Å². The van der Waals surface area contributed by atoms with E-state index in [0.717, 1.165) is 37.7 Å². The molecule has 0 saturated carbocycles. The van der Waals surface area contributed by atoms with Crippen LogP contribution in [0.15, 0.2) is 11.1 Å². The van der Waals surface area contributed by atoms with Gasteiger partial charge < -0.3 is 4.74 Å². The molecule has 0 aromatic rings. The number of unbranched alkanes of at least 4 members (excludes halogenated alkanes) is 3. The molecule has 0 rings (SSSR count). The SMILES string of the molecule is CCCCCCOC(=O)C(C(C)=O)=C(C)CC(C)C. The van der Waals surface area contributed by atoms with Crippen LogP contribution in [0.3, 0.4) is 0 Å². The first-order valence-electron chi connectivity index (χ1n) is 7.27. The second kappa shape index (κ2) is 9.76. The van der Waals surface area contributed by atoms with Crippen LogP contribution in [-0.4, -0.2) is 18.4 Å². The smallest absolute Gasteiger partial charge is 0.341 e. The van der Waals surface area contributed by atoms with Crippen molar-refractivity contribution < 1.29 is 14.3 Å². The first kappa shape index (κ1) is 17.9. The topological polar surface area (TPSA) is 43.4 Å². The molecule has 0 amide bonds. The van der Waals surface area contributed by atoms with Gasteiger partial charge in [-0.1, -0.05) is 45.6 Å². The largest absolute Gasteiger partial charge is 0.462 e. The van der Waals surface area contributed by atoms with E-state index in [1.807, 2.05) is 6.92 Å². The van der Waals surface area contributed by atoms with Crippen molar-refractivity contribution in [1.82, 2.24) is 0 Å². The van der Waals surface area contributed by atoms with Crippen LogP contribution in [0.2, 0.25) is 0 Å². The van der Waals surface area contributed by atoms with E-state index >= 15 is 0 Å². The summed E-state index contributed by atoms with van der Waals surface area (Å²) in [5.74, 6) is -0.231. The molecule has 3 nitrogen and oxygen atoms in total. The summed E-state index contributed by atoms with van der Waals surface area (Å²) in [4.78, 5) is 23.5. The number of ketones is 1. The molecule has 0 heterocycles. The molecule has 0 saturated heterocycles. The molecule has 0 bridgehead atoms. The van der Waals surface area contributed by atoms with Crippen LogP contribution in [0.25, 0.3) is 0 Å². The molecule has 0 unspecified atom stereocenters. The van der Waals surface area contributed by atoms with Crippen LogP contribution in [0.1, 0.15) is 66.7 Å². The number of Topliss-reactive ketones (excluding diaryl/α,β-unsaturated/α-hetero) is 1. The van der Waals surface area contributed by atoms with E-state index in [2.05, 4.69) is 20.8 Å². The lowest BCUT2D eigenvalue weighted by Gasteiger charge is -2.11. The van der Waals surface area contributed by atoms with E-state index < -0.39 is 5.97 Å². The number of hydrogen-bond donors (Lipinski definition) is 0. The second-order valence-corrected chi connectivity index (χ2v) is 5.51. The molecule has 0 fully saturated rings. The van der Waals surface area contributed by atoms with Crippen molar-refractivity contribution in [2.45, 2.75) is 66.7 Å². The Bertz CT molecular complexity index is 327. The highest BCUT2D eigenvalue weighted by atomic mass is 16.5. The van der Waals surface area contributed by atoms with Crippen molar-refractivity contribution >= 4 is 11.8 Å². The summed E-state index contributed by atoms with van der Waals surface area (Å²) in [6.45, 7) is 9.95. The van der Waals surface area contributed by atoms with E-state index in [1.54, 1.807) is 0 Å². The highest BCUT2D eigenvalue weighted by Crippen LogP contribution is 2.17. The van der Waals surface area contributed by atoms with Gasteiger partial charge in [0.05, 0.1) is 6.61 Å². The Balaban J connectivity index is 4.47. The second-order valence-electron chi connectivity index (χ2n) is 5.51. The fourth-order valence-electron chi connectivity index (χ4n) is 2.10. The predicted molar refractivity (Wildman–Crippen MR) is 77.9 cm³/mol. The number of allylic oxidation sites excluding steroid dienone is 1. The number of carbonyl (C=O) groups is 2. The Morgan fingerprint density at radius 1 is 1.05 bits per heavy atom. The average molecular weight is 268 g/mol. The molecule has 110 valence electrons. The van der Waals surface area contributed by atoms with Crippen LogP contribution in [0.4, 0.5) is 0 Å². The minimum absolute atomic E-state index is 0.197. The van der Waals surface area contributed by atoms with Crippen LogP contribution in [0.5, 0.6) is 0 Å². The van der Waals surface area contributed by atoms with Crippen molar-refractivity contribution in [2.75, 3.05) is 6.61 Å². The van der Waals surface area contributed by atoms with Gasteiger partial charge in [0.15, 0.2) is 5.78 Å². The van der Waals surface area contributed by atoms with Crippen LogP contribution in [-0.2, 0) is 14.3 Å². The lowest BCUT2D eigenvalue weighted by atomic mass is 9.97. The van der Waals surface area contributed by atoms with Crippen molar-refractivity contribution in [2.24, 2.45) is 5.92 Å². The van der Waals surface area contributed by atoms with Gasteiger partial charge in [-0.2, -0.15) is 0 Å². The van der Waals surface area contributed by atoms with Gasteiger partial charge >= 0.3 is 5.97 Å². The van der Waals surface area contributed by atoms with E-state index in [4.69, 9.17) is 4.74 Å². The Kier molecular flexibility index (Phi) is 9.19. The standard InChI is InChI=1S/C16H28O3/c1-6-7-8-9-10-19-16(18)15(14(5)17)13(4)11-12(2)3/h12H,6-11H2,1-5H3. The fourth-order valence-corrected chi connectivity index (χ4v) is 2.10. The zero-order valence-corrected chi connectivity index (χ0v) is 13.0. The van der Waals surface area contributed by atoms with Crippen LogP contribution in [0, 0.1) is 5.92 Å². The number of rotatable bonds is 9. The van der Waals surface area contributed by atoms with Gasteiger partial charge in [-0.25, -0.2) is 4.79 Å². The third-order valence-corrected chi connectivity index (χ3v) is 2.93. The molecule has 0 aliphatic heterocycles. The molecule has 0 aromatic heterocycles. The molecule has 0 aliphatic rings. The summed E-state index contributed by atoms with van der Waals surface area (Å²) in [6, 6.07) is 0. The van der Waals surface area contributed by atoms with Gasteiger partial charge in [0.2, 0.25) is 0 Å². The van der Waals surface area contributed by atoms with Gasteiger partial charge in [-0.3, -0.25) is 4.79 Å². The normalized spacial score (nSPS) is 12.3. The summed E-state index contributed by atoms with van der Waals surface area (Å²) in [5.41, 5.74) is 1.07. The number of esters is 1. The first-order valence-corrected chi connectivity index (χ1v) is 7.27. The molecule has 19 heavy (non-hydrogen) atoms. The maximum Gasteiger partial charge on any atom is 0.341 e. The Labute approximate surface area is 117 Å². The Morgan fingerprint density at radius 2 is 1.68 bits per heavy atom. The number of carbonyl (C=O) groups excluding carboxylic acids is 2. The van der Waals surface area contributed by atoms with Gasteiger partial charge in [-0.15, -0.1) is 0 Å². The fraction of sp³-hybridized carbons (Fsp3) is 0.750. The van der Waals surface area contributed by atoms with Crippen LogP contribution >= 0.6 is 0 Å². The van der Waals surface area contributed by atoms with Crippen molar-refractivity contribution in [3.63, 3.8) is 0 Å². The van der Waals surface area contributed by atoms with Gasteiger partial charge in [0.25, 0.3) is 0 Å². The minimum Gasteiger partial charge on any atom is -0.462 e. The highest BCUT2D eigenvalue weighted by Gasteiger charge is 2.19. The van der Waals surface area contributed by atoms with Crippen molar-refractivity contribution in [3.8, 4) is 0 Å². The summed E-state index contributed by atoms with van der Waals surface area (Å²) >= 11 is 0. The molecule has 0 aromatic carbocycles. The summed E-state index contributed by atoms with van der Waals surface area (Å²) in [6.07, 6.45) is 4.99. The predicted octanol–water partition coefficient (Wildman–Crippen LogP) is 4.06. The van der Waals surface area contributed by atoms with Crippen molar-refractivity contribution in [3.05, 3.63) is 11.1 Å². The Morgan fingerprint density at radius 3 is 2.16 bits per heavy atom. The van der Waals surface area contributed by atoms with E-state index in [9.17, 15) is 9.59 Å². The Hall–Kier alpha value is -1.12. The van der Waals surface area contributed by atoms with Gasteiger partial charge in [0, 0.05) is 0 Å². The van der Waals surface area contributed by atoms with Crippen molar-refractivity contribution in [1.29, 1.82) is 0 Å². The molecule has 0 aliphatic carbocycles. The summed E-state index contributed by atoms with van der Waals surface area (Å²) in [7, 11) is 0. The molecule has 0 radical (unpaired) electrons. The van der Waals surface area contributed by atoms with E-state index in [0.29, 0.717) is 12.5 Å². The quantitative estimate of drug-likeness (QED) is 0.208. The lowest BCUT2D eigenvalue weighted by molar-refractivity contribution is -0.140. The summed E-state index contributed by atoms with van der Waals surface area (Å²) in [5, 5.41) is 0. The third kappa shape index (κ3) is 7.81.